The second-order valence-corrected chi connectivity index (χ2v) is 7.24. The minimum atomic E-state index is 0.222. The van der Waals surface area contributed by atoms with Gasteiger partial charge in [-0.1, -0.05) is 18.2 Å². The van der Waals surface area contributed by atoms with Crippen LogP contribution in [0.25, 0.3) is 0 Å². The van der Waals surface area contributed by atoms with Crippen LogP contribution in [0.15, 0.2) is 18.2 Å². The van der Waals surface area contributed by atoms with E-state index in [1.165, 1.54) is 25.7 Å². The number of nitrogens with one attached hydrogen (secondary N) is 1. The first-order valence-electron chi connectivity index (χ1n) is 8.85. The first kappa shape index (κ1) is 14.3. The Balaban J connectivity index is 1.46. The van der Waals surface area contributed by atoms with Gasteiger partial charge in [-0.2, -0.15) is 0 Å². The van der Waals surface area contributed by atoms with E-state index < -0.39 is 0 Å². The van der Waals surface area contributed by atoms with Crippen LogP contribution < -0.4 is 5.32 Å². The van der Waals surface area contributed by atoms with Crippen LogP contribution in [0.5, 0.6) is 0 Å². The van der Waals surface area contributed by atoms with E-state index in [-0.39, 0.29) is 5.91 Å². The number of rotatable bonds is 2. The molecule has 0 aromatic heterocycles. The summed E-state index contributed by atoms with van der Waals surface area (Å²) in [6.45, 7) is 3.51. The molecular weight excluding hydrogens is 272 g/mol. The molecule has 3 nitrogen and oxygen atoms in total. The van der Waals surface area contributed by atoms with Crippen LogP contribution in [-0.4, -0.2) is 29.9 Å². The molecular formula is C19H26N2O. The summed E-state index contributed by atoms with van der Waals surface area (Å²) in [6.07, 6.45) is 7.45. The van der Waals surface area contributed by atoms with E-state index in [9.17, 15) is 4.79 Å². The first-order chi connectivity index (χ1) is 10.7. The van der Waals surface area contributed by atoms with Crippen molar-refractivity contribution in [1.82, 2.24) is 10.2 Å². The largest absolute Gasteiger partial charge is 0.343 e. The first-order valence-corrected chi connectivity index (χ1v) is 8.85. The molecule has 1 aliphatic heterocycles. The van der Waals surface area contributed by atoms with Gasteiger partial charge in [0.25, 0.3) is 0 Å². The smallest absolute Gasteiger partial charge is 0.219 e. The zero-order chi connectivity index (χ0) is 15.1. The summed E-state index contributed by atoms with van der Waals surface area (Å²) in [5, 5.41) is 3.91. The molecule has 4 rings (SSSR count). The lowest BCUT2D eigenvalue weighted by molar-refractivity contribution is -0.129. The highest BCUT2D eigenvalue weighted by Gasteiger charge is 2.35. The predicted octanol–water partition coefficient (Wildman–Crippen LogP) is 3.15. The molecule has 2 aliphatic carbocycles. The van der Waals surface area contributed by atoms with Crippen molar-refractivity contribution in [3.8, 4) is 0 Å². The lowest BCUT2D eigenvalue weighted by Crippen LogP contribution is -2.44. The summed E-state index contributed by atoms with van der Waals surface area (Å²) in [5.41, 5.74) is 4.84. The highest BCUT2D eigenvalue weighted by atomic mass is 16.2. The topological polar surface area (TPSA) is 32.3 Å². The molecule has 0 bridgehead atoms. The molecule has 0 saturated carbocycles. The molecule has 118 valence electrons. The van der Waals surface area contributed by atoms with Gasteiger partial charge in [-0.15, -0.1) is 0 Å². The van der Waals surface area contributed by atoms with Gasteiger partial charge in [-0.25, -0.2) is 0 Å². The molecule has 1 aromatic rings. The molecule has 0 spiro atoms. The number of carbonyl (C=O) groups excluding carboxylic acids is 1. The van der Waals surface area contributed by atoms with Gasteiger partial charge >= 0.3 is 0 Å². The van der Waals surface area contributed by atoms with Crippen molar-refractivity contribution >= 4 is 5.91 Å². The summed E-state index contributed by atoms with van der Waals surface area (Å²) in [7, 11) is 0. The molecule has 1 saturated heterocycles. The molecule has 1 heterocycles. The fraction of sp³-hybridized carbons (Fsp3) is 0.632. The Morgan fingerprint density at radius 2 is 2.05 bits per heavy atom. The molecule has 1 amide bonds. The van der Waals surface area contributed by atoms with Gasteiger partial charge in [0.05, 0.1) is 0 Å². The third-order valence-electron chi connectivity index (χ3n) is 5.91. The molecule has 0 radical (unpaired) electrons. The number of likely N-dealkylation sites (tertiary alicyclic amines) is 1. The molecule has 1 N–H and O–H groups in total. The fourth-order valence-corrected chi connectivity index (χ4v) is 4.79. The van der Waals surface area contributed by atoms with Gasteiger partial charge in [-0.05, 0) is 61.1 Å². The number of hydrogen-bond acceptors (Lipinski definition) is 2. The fourth-order valence-electron chi connectivity index (χ4n) is 4.79. The van der Waals surface area contributed by atoms with Gasteiger partial charge in [-0.3, -0.25) is 4.79 Å². The Morgan fingerprint density at radius 1 is 1.23 bits per heavy atom. The number of nitrogens with zero attached hydrogens (tertiary/aromatic N) is 1. The van der Waals surface area contributed by atoms with E-state index in [1.807, 2.05) is 4.90 Å². The second-order valence-electron chi connectivity index (χ2n) is 7.24. The number of benzene rings is 1. The summed E-state index contributed by atoms with van der Waals surface area (Å²) in [5.74, 6) is 1.01. The summed E-state index contributed by atoms with van der Waals surface area (Å²) < 4.78 is 0. The van der Waals surface area contributed by atoms with Crippen molar-refractivity contribution in [1.29, 1.82) is 0 Å². The highest BCUT2D eigenvalue weighted by Crippen LogP contribution is 2.47. The van der Waals surface area contributed by atoms with Gasteiger partial charge in [0.2, 0.25) is 5.91 Å². The third kappa shape index (κ3) is 2.45. The van der Waals surface area contributed by atoms with Crippen molar-refractivity contribution in [3.63, 3.8) is 0 Å². The highest BCUT2D eigenvalue weighted by molar-refractivity contribution is 5.73. The maximum absolute atomic E-state index is 11.4. The Hall–Kier alpha value is -1.35. The number of amides is 1. The number of carbonyl (C=O) groups is 1. The average Bonchev–Trinajstić information content (AvgIpc) is 2.88. The summed E-state index contributed by atoms with van der Waals surface area (Å²) in [4.78, 5) is 13.4. The van der Waals surface area contributed by atoms with Gasteiger partial charge in [0, 0.05) is 32.1 Å². The number of hydrogen-bond donors (Lipinski definition) is 1. The maximum Gasteiger partial charge on any atom is 0.219 e. The van der Waals surface area contributed by atoms with E-state index in [0.29, 0.717) is 12.1 Å². The maximum atomic E-state index is 11.4. The van der Waals surface area contributed by atoms with Gasteiger partial charge in [0.1, 0.15) is 0 Å². The Labute approximate surface area is 133 Å². The van der Waals surface area contributed by atoms with Gasteiger partial charge < -0.3 is 10.2 Å². The molecule has 1 fully saturated rings. The van der Waals surface area contributed by atoms with Crippen LogP contribution in [0.1, 0.15) is 67.7 Å². The molecule has 2 atom stereocenters. The number of aryl methyl sites for hydroxylation is 1. The Bertz CT molecular complexity index is 575. The zero-order valence-corrected chi connectivity index (χ0v) is 13.5. The van der Waals surface area contributed by atoms with Crippen LogP contribution in [-0.2, 0) is 11.2 Å². The molecule has 3 heteroatoms. The van der Waals surface area contributed by atoms with E-state index in [0.717, 1.165) is 31.8 Å². The monoisotopic (exact) mass is 298 g/mol. The van der Waals surface area contributed by atoms with Crippen molar-refractivity contribution in [2.24, 2.45) is 0 Å². The van der Waals surface area contributed by atoms with Crippen LogP contribution in [0, 0.1) is 0 Å². The Kier molecular flexibility index (Phi) is 3.69. The third-order valence-corrected chi connectivity index (χ3v) is 5.91. The van der Waals surface area contributed by atoms with Crippen molar-refractivity contribution < 1.29 is 4.79 Å². The zero-order valence-electron chi connectivity index (χ0n) is 13.5. The quantitative estimate of drug-likeness (QED) is 0.909. The lowest BCUT2D eigenvalue weighted by atomic mass is 9.84. The Morgan fingerprint density at radius 3 is 2.82 bits per heavy atom. The van der Waals surface area contributed by atoms with Crippen molar-refractivity contribution in [2.75, 3.05) is 13.1 Å². The van der Waals surface area contributed by atoms with Gasteiger partial charge in [0.15, 0.2) is 0 Å². The second kappa shape index (κ2) is 5.69. The predicted molar refractivity (Wildman–Crippen MR) is 87.9 cm³/mol. The SMILES string of the molecule is CC(=O)N1CCC(NC2CC3CCCc4cccc2c43)CC1. The normalized spacial score (nSPS) is 27.8. The molecule has 22 heavy (non-hydrogen) atoms. The minimum Gasteiger partial charge on any atom is -0.343 e. The van der Waals surface area contributed by atoms with Crippen LogP contribution in [0.2, 0.25) is 0 Å². The summed E-state index contributed by atoms with van der Waals surface area (Å²) >= 11 is 0. The number of piperidine rings is 1. The molecule has 3 aliphatic rings. The average molecular weight is 298 g/mol. The van der Waals surface area contributed by atoms with Crippen LogP contribution >= 0.6 is 0 Å². The standard InChI is InChI=1S/C19H26N2O/c1-13(22)21-10-8-16(9-11-21)20-18-12-15-6-2-4-14-5-3-7-17(18)19(14)15/h3,5,7,15-16,18,20H,2,4,6,8-12H2,1H3. The molecule has 2 unspecified atom stereocenters. The lowest BCUT2D eigenvalue weighted by Gasteiger charge is -2.33. The van der Waals surface area contributed by atoms with Crippen molar-refractivity contribution in [2.45, 2.75) is 63.5 Å². The van der Waals surface area contributed by atoms with E-state index in [1.54, 1.807) is 23.6 Å². The van der Waals surface area contributed by atoms with E-state index in [4.69, 9.17) is 0 Å². The minimum absolute atomic E-state index is 0.222. The van der Waals surface area contributed by atoms with Crippen LogP contribution in [0.4, 0.5) is 0 Å². The summed E-state index contributed by atoms with van der Waals surface area (Å²) in [6, 6.07) is 8.02. The van der Waals surface area contributed by atoms with Crippen molar-refractivity contribution in [3.05, 3.63) is 34.9 Å². The molecule has 1 aromatic carbocycles. The van der Waals surface area contributed by atoms with E-state index in [2.05, 4.69) is 23.5 Å². The van der Waals surface area contributed by atoms with E-state index >= 15 is 0 Å². The van der Waals surface area contributed by atoms with Crippen LogP contribution in [0.3, 0.4) is 0 Å².